The van der Waals surface area contributed by atoms with E-state index in [9.17, 15) is 9.59 Å². The first-order valence-corrected chi connectivity index (χ1v) is 10.9. The summed E-state index contributed by atoms with van der Waals surface area (Å²) in [4.78, 5) is 22.0. The Kier molecular flexibility index (Phi) is 17.0. The van der Waals surface area contributed by atoms with Crippen molar-refractivity contribution in [2.45, 2.75) is 84.5 Å². The van der Waals surface area contributed by atoms with Crippen LogP contribution in [0.5, 0.6) is 0 Å². The van der Waals surface area contributed by atoms with Crippen molar-refractivity contribution in [3.8, 4) is 0 Å². The molecule has 0 atom stereocenters. The van der Waals surface area contributed by atoms with Crippen molar-refractivity contribution in [3.63, 3.8) is 0 Å². The SMILES string of the molecule is CC(C)C(=O)C1CCCCC1.NC(=O)CCCOCC1CCC(CO)CC1.[Y]. The van der Waals surface area contributed by atoms with Crippen molar-refractivity contribution < 1.29 is 52.1 Å². The van der Waals surface area contributed by atoms with Gasteiger partial charge in [0.1, 0.15) is 5.78 Å². The Balaban J connectivity index is 0.000000535. The van der Waals surface area contributed by atoms with Gasteiger partial charge in [-0.25, -0.2) is 0 Å². The van der Waals surface area contributed by atoms with Crippen LogP contribution in [0.4, 0.5) is 0 Å². The molecule has 0 unspecified atom stereocenters. The predicted octanol–water partition coefficient (Wildman–Crippen LogP) is 3.86. The third-order valence-corrected chi connectivity index (χ3v) is 5.87. The molecule has 0 aromatic carbocycles. The molecule has 2 saturated carbocycles. The number of hydrogen-bond acceptors (Lipinski definition) is 4. The van der Waals surface area contributed by atoms with Crippen LogP contribution in [-0.4, -0.2) is 36.6 Å². The second-order valence-corrected chi connectivity index (χ2v) is 8.61. The maximum absolute atomic E-state index is 11.5. The number of ether oxygens (including phenoxy) is 1. The van der Waals surface area contributed by atoms with E-state index in [1.807, 2.05) is 13.8 Å². The largest absolute Gasteiger partial charge is 0.396 e. The zero-order chi connectivity index (χ0) is 20.1. The quantitative estimate of drug-likeness (QED) is 0.499. The van der Waals surface area contributed by atoms with Crippen molar-refractivity contribution in [2.75, 3.05) is 19.8 Å². The zero-order valence-electron chi connectivity index (χ0n) is 18.0. The van der Waals surface area contributed by atoms with Gasteiger partial charge in [0.25, 0.3) is 0 Å². The van der Waals surface area contributed by atoms with Gasteiger partial charge < -0.3 is 15.6 Å². The third-order valence-electron chi connectivity index (χ3n) is 5.87. The van der Waals surface area contributed by atoms with Gasteiger partial charge in [-0.05, 0) is 56.8 Å². The Labute approximate surface area is 196 Å². The molecule has 5 nitrogen and oxygen atoms in total. The van der Waals surface area contributed by atoms with Gasteiger partial charge in [0.2, 0.25) is 5.91 Å². The van der Waals surface area contributed by atoms with E-state index in [1.165, 1.54) is 19.3 Å². The molecule has 2 fully saturated rings. The van der Waals surface area contributed by atoms with Crippen LogP contribution >= 0.6 is 0 Å². The van der Waals surface area contributed by atoms with E-state index >= 15 is 0 Å². The van der Waals surface area contributed by atoms with E-state index < -0.39 is 0 Å². The van der Waals surface area contributed by atoms with E-state index in [4.69, 9.17) is 15.6 Å². The third kappa shape index (κ3) is 12.7. The number of carbonyl (C=O) groups excluding carboxylic acids is 2. The number of primary amides is 1. The van der Waals surface area contributed by atoms with Crippen molar-refractivity contribution in [3.05, 3.63) is 0 Å². The summed E-state index contributed by atoms with van der Waals surface area (Å²) in [6.45, 7) is 5.76. The molecule has 0 bridgehead atoms. The summed E-state index contributed by atoms with van der Waals surface area (Å²) < 4.78 is 5.52. The minimum atomic E-state index is -0.257. The van der Waals surface area contributed by atoms with Crippen molar-refractivity contribution in [1.82, 2.24) is 0 Å². The number of Topliss-reactive ketones (excluding diaryl/α,β-unsaturated/α-hetero) is 1. The Hall–Kier alpha value is 0.164. The fourth-order valence-corrected chi connectivity index (χ4v) is 4.04. The number of carbonyl (C=O) groups is 2. The minimum absolute atomic E-state index is 0. The van der Waals surface area contributed by atoms with Crippen LogP contribution in [-0.2, 0) is 47.0 Å². The fraction of sp³-hybridized carbons (Fsp3) is 0.909. The van der Waals surface area contributed by atoms with Gasteiger partial charge in [-0.3, -0.25) is 9.59 Å². The first-order valence-electron chi connectivity index (χ1n) is 10.9. The van der Waals surface area contributed by atoms with Crippen LogP contribution in [0, 0.1) is 23.7 Å². The average molecular weight is 472 g/mol. The first kappa shape index (κ1) is 28.2. The number of ketones is 1. The first-order chi connectivity index (χ1) is 12.9. The Morgan fingerprint density at radius 3 is 2.07 bits per heavy atom. The molecule has 1 radical (unpaired) electrons. The van der Waals surface area contributed by atoms with Gasteiger partial charge in [0, 0.05) is 70.8 Å². The second kappa shape index (κ2) is 16.9. The molecule has 1 amide bonds. The summed E-state index contributed by atoms with van der Waals surface area (Å²) >= 11 is 0. The molecule has 0 heterocycles. The number of nitrogens with two attached hydrogens (primary N) is 1. The normalized spacial score (nSPS) is 22.7. The number of hydrogen-bond donors (Lipinski definition) is 2. The standard InChI is InChI=1S/C12H23NO3.C10H18O.Y/c13-12(15)2-1-7-16-9-11-5-3-10(8-14)4-6-11;1-8(2)10(11)9-6-4-3-5-7-9;/h10-11,14H,1-9H2,(H2,13,15);8-9H,3-7H2,1-2H3;. The molecule has 0 spiro atoms. The van der Waals surface area contributed by atoms with E-state index in [1.54, 1.807) is 0 Å². The van der Waals surface area contributed by atoms with Crippen LogP contribution in [0.25, 0.3) is 0 Å². The molecule has 0 aromatic heterocycles. The van der Waals surface area contributed by atoms with Crippen LogP contribution in [0.3, 0.4) is 0 Å². The molecule has 3 N–H and O–H groups in total. The molecule has 161 valence electrons. The smallest absolute Gasteiger partial charge is 0.217 e. The minimum Gasteiger partial charge on any atom is -0.396 e. The summed E-state index contributed by atoms with van der Waals surface area (Å²) in [5, 5.41) is 9.00. The molecular weight excluding hydrogens is 431 g/mol. The molecule has 2 aliphatic rings. The maximum Gasteiger partial charge on any atom is 0.217 e. The van der Waals surface area contributed by atoms with Gasteiger partial charge in [0.15, 0.2) is 0 Å². The van der Waals surface area contributed by atoms with Crippen molar-refractivity contribution in [1.29, 1.82) is 0 Å². The van der Waals surface area contributed by atoms with Crippen LogP contribution in [0.1, 0.15) is 84.5 Å². The number of aliphatic hydroxyl groups excluding tert-OH is 1. The molecule has 2 aliphatic carbocycles. The van der Waals surface area contributed by atoms with Gasteiger partial charge >= 0.3 is 0 Å². The topological polar surface area (TPSA) is 89.6 Å². The Morgan fingerprint density at radius 1 is 1.00 bits per heavy atom. The molecule has 2 rings (SSSR count). The predicted molar refractivity (Wildman–Crippen MR) is 108 cm³/mol. The monoisotopic (exact) mass is 472 g/mol. The van der Waals surface area contributed by atoms with Crippen LogP contribution < -0.4 is 5.73 Å². The van der Waals surface area contributed by atoms with E-state index in [-0.39, 0.29) is 44.5 Å². The summed E-state index contributed by atoms with van der Waals surface area (Å²) in [6, 6.07) is 0. The van der Waals surface area contributed by atoms with Crippen LogP contribution in [0.15, 0.2) is 0 Å². The summed E-state index contributed by atoms with van der Waals surface area (Å²) in [7, 11) is 0. The van der Waals surface area contributed by atoms with Gasteiger partial charge in [-0.1, -0.05) is 33.1 Å². The second-order valence-electron chi connectivity index (χ2n) is 8.61. The molecule has 0 aliphatic heterocycles. The fourth-order valence-electron chi connectivity index (χ4n) is 4.04. The number of amides is 1. The summed E-state index contributed by atoms with van der Waals surface area (Å²) in [5.41, 5.74) is 5.03. The Morgan fingerprint density at radius 2 is 1.57 bits per heavy atom. The van der Waals surface area contributed by atoms with Gasteiger partial charge in [0.05, 0.1) is 0 Å². The number of aliphatic hydroxyl groups is 1. The molecule has 0 saturated heterocycles. The molecule has 6 heteroatoms. The van der Waals surface area contributed by atoms with E-state index in [0.717, 1.165) is 51.6 Å². The zero-order valence-corrected chi connectivity index (χ0v) is 20.9. The molecule has 28 heavy (non-hydrogen) atoms. The van der Waals surface area contributed by atoms with Gasteiger partial charge in [-0.15, -0.1) is 0 Å². The van der Waals surface area contributed by atoms with Crippen molar-refractivity contribution in [2.24, 2.45) is 29.4 Å². The Bertz CT molecular complexity index is 417. The average Bonchev–Trinajstić information content (AvgIpc) is 2.68. The molecule has 0 aromatic rings. The van der Waals surface area contributed by atoms with Crippen LogP contribution in [0.2, 0.25) is 0 Å². The van der Waals surface area contributed by atoms with Gasteiger partial charge in [-0.2, -0.15) is 0 Å². The summed E-state index contributed by atoms with van der Waals surface area (Å²) in [6.07, 6.45) is 11.8. The van der Waals surface area contributed by atoms with E-state index in [2.05, 4.69) is 0 Å². The summed E-state index contributed by atoms with van der Waals surface area (Å²) in [5.74, 6) is 2.03. The van der Waals surface area contributed by atoms with E-state index in [0.29, 0.717) is 43.2 Å². The number of rotatable bonds is 9. The maximum atomic E-state index is 11.5. The molecular formula is C22H41NO4Y. The van der Waals surface area contributed by atoms with Crippen molar-refractivity contribution >= 4 is 11.7 Å².